The first-order chi connectivity index (χ1) is 7.09. The van der Waals surface area contributed by atoms with Gasteiger partial charge in [0.1, 0.15) is 0 Å². The first kappa shape index (κ1) is 9.91. The van der Waals surface area contributed by atoms with E-state index in [2.05, 4.69) is 13.8 Å². The number of carbonyl (C=O) groups is 1. The number of benzene rings is 1. The Morgan fingerprint density at radius 1 is 1.07 bits per heavy atom. The van der Waals surface area contributed by atoms with Crippen molar-refractivity contribution in [3.05, 3.63) is 54.1 Å². The average molecular weight is 198 g/mol. The minimum atomic E-state index is -0.0603. The Bertz CT molecular complexity index is 436. The molecule has 1 heteroatoms. The molecule has 0 spiro atoms. The molecule has 2 rings (SSSR count). The van der Waals surface area contributed by atoms with Gasteiger partial charge in [-0.3, -0.25) is 4.79 Å². The molecule has 0 bridgehead atoms. The van der Waals surface area contributed by atoms with Gasteiger partial charge in [0.2, 0.25) is 0 Å². The van der Waals surface area contributed by atoms with Gasteiger partial charge in [0.25, 0.3) is 0 Å². The second-order valence-electron chi connectivity index (χ2n) is 4.38. The highest BCUT2D eigenvalue weighted by atomic mass is 16.1. The lowest BCUT2D eigenvalue weighted by molar-refractivity contribution is -0.110. The molecule has 15 heavy (non-hydrogen) atoms. The number of allylic oxidation sites excluding steroid dienone is 4. The zero-order valence-corrected chi connectivity index (χ0v) is 9.03. The first-order valence-corrected chi connectivity index (χ1v) is 5.10. The molecule has 0 saturated carbocycles. The monoisotopic (exact) mass is 198 g/mol. The number of hydrogen-bond donors (Lipinski definition) is 0. The highest BCUT2D eigenvalue weighted by molar-refractivity contribution is 6.07. The predicted molar refractivity (Wildman–Crippen MR) is 62.3 cm³/mol. The molecule has 0 aliphatic heterocycles. The second kappa shape index (κ2) is 3.50. The third-order valence-electron chi connectivity index (χ3n) is 2.73. The third kappa shape index (κ3) is 1.91. The highest BCUT2D eigenvalue weighted by Crippen LogP contribution is 2.37. The van der Waals surface area contributed by atoms with E-state index in [1.807, 2.05) is 36.4 Å². The van der Waals surface area contributed by atoms with E-state index in [1.165, 1.54) is 0 Å². The Balaban J connectivity index is 2.48. The van der Waals surface area contributed by atoms with Crippen molar-refractivity contribution in [2.24, 2.45) is 5.41 Å². The van der Waals surface area contributed by atoms with Crippen LogP contribution in [-0.2, 0) is 4.79 Å². The zero-order valence-electron chi connectivity index (χ0n) is 9.03. The normalized spacial score (nSPS) is 18.8. The van der Waals surface area contributed by atoms with Crippen LogP contribution in [0, 0.1) is 5.41 Å². The van der Waals surface area contributed by atoms with Crippen molar-refractivity contribution >= 4 is 11.4 Å². The molecule has 1 aliphatic rings. The van der Waals surface area contributed by atoms with Gasteiger partial charge in [-0.25, -0.2) is 0 Å². The molecular weight excluding hydrogens is 184 g/mol. The minimum Gasteiger partial charge on any atom is -0.290 e. The molecule has 0 fully saturated rings. The maximum atomic E-state index is 11.4. The van der Waals surface area contributed by atoms with Gasteiger partial charge in [-0.15, -0.1) is 0 Å². The van der Waals surface area contributed by atoms with Gasteiger partial charge in [-0.2, -0.15) is 0 Å². The van der Waals surface area contributed by atoms with Crippen LogP contribution < -0.4 is 0 Å². The van der Waals surface area contributed by atoms with Crippen molar-refractivity contribution in [1.82, 2.24) is 0 Å². The van der Waals surface area contributed by atoms with E-state index in [1.54, 1.807) is 12.2 Å². The third-order valence-corrected chi connectivity index (χ3v) is 2.73. The molecule has 1 nitrogen and oxygen atoms in total. The summed E-state index contributed by atoms with van der Waals surface area (Å²) < 4.78 is 0. The van der Waals surface area contributed by atoms with Crippen molar-refractivity contribution in [1.29, 1.82) is 0 Å². The average Bonchev–Trinajstić information content (AvgIpc) is 2.23. The lowest BCUT2D eigenvalue weighted by Crippen LogP contribution is -2.15. The van der Waals surface area contributed by atoms with Crippen LogP contribution in [0.3, 0.4) is 0 Å². The molecule has 0 heterocycles. The van der Waals surface area contributed by atoms with E-state index in [4.69, 9.17) is 0 Å². The summed E-state index contributed by atoms with van der Waals surface area (Å²) in [6, 6.07) is 10.1. The number of carbonyl (C=O) groups excluding carboxylic acids is 1. The fraction of sp³-hybridized carbons (Fsp3) is 0.214. The van der Waals surface area contributed by atoms with Crippen LogP contribution in [0.4, 0.5) is 0 Å². The summed E-state index contributed by atoms with van der Waals surface area (Å²) in [7, 11) is 0. The largest absolute Gasteiger partial charge is 0.290 e. The maximum Gasteiger partial charge on any atom is 0.178 e. The van der Waals surface area contributed by atoms with Crippen LogP contribution in [0.25, 0.3) is 5.57 Å². The quantitative estimate of drug-likeness (QED) is 0.677. The highest BCUT2D eigenvalue weighted by Gasteiger charge is 2.25. The summed E-state index contributed by atoms with van der Waals surface area (Å²) in [5.41, 5.74) is 2.16. The Morgan fingerprint density at radius 2 is 1.73 bits per heavy atom. The topological polar surface area (TPSA) is 17.1 Å². The predicted octanol–water partition coefficient (Wildman–Crippen LogP) is 3.24. The SMILES string of the molecule is CC1(C)C=CC(=O)C=C1c1ccccc1. The molecule has 1 aliphatic carbocycles. The van der Waals surface area contributed by atoms with Crippen molar-refractivity contribution < 1.29 is 4.79 Å². The summed E-state index contributed by atoms with van der Waals surface area (Å²) in [5, 5.41) is 0. The van der Waals surface area contributed by atoms with Gasteiger partial charge in [0, 0.05) is 5.41 Å². The van der Waals surface area contributed by atoms with Crippen molar-refractivity contribution in [2.75, 3.05) is 0 Å². The van der Waals surface area contributed by atoms with E-state index >= 15 is 0 Å². The number of hydrogen-bond acceptors (Lipinski definition) is 1. The van der Waals surface area contributed by atoms with Gasteiger partial charge in [0.05, 0.1) is 0 Å². The molecule has 0 unspecified atom stereocenters. The summed E-state index contributed by atoms with van der Waals surface area (Å²) in [6.45, 7) is 4.24. The van der Waals surface area contributed by atoms with E-state index in [0.717, 1.165) is 11.1 Å². The smallest absolute Gasteiger partial charge is 0.178 e. The van der Waals surface area contributed by atoms with Crippen LogP contribution >= 0.6 is 0 Å². The number of rotatable bonds is 1. The molecule has 1 aromatic carbocycles. The van der Waals surface area contributed by atoms with Crippen molar-refractivity contribution in [3.63, 3.8) is 0 Å². The van der Waals surface area contributed by atoms with Gasteiger partial charge >= 0.3 is 0 Å². The lowest BCUT2D eigenvalue weighted by atomic mass is 9.77. The van der Waals surface area contributed by atoms with Crippen LogP contribution in [0.5, 0.6) is 0 Å². The zero-order chi connectivity index (χ0) is 10.9. The van der Waals surface area contributed by atoms with Crippen molar-refractivity contribution in [2.45, 2.75) is 13.8 Å². The summed E-state index contributed by atoms with van der Waals surface area (Å²) >= 11 is 0. The first-order valence-electron chi connectivity index (χ1n) is 5.10. The van der Waals surface area contributed by atoms with Crippen LogP contribution in [0.2, 0.25) is 0 Å². The van der Waals surface area contributed by atoms with Gasteiger partial charge in [-0.05, 0) is 23.3 Å². The molecule has 0 atom stereocenters. The van der Waals surface area contributed by atoms with Crippen LogP contribution in [-0.4, -0.2) is 5.78 Å². The summed E-state index contributed by atoms with van der Waals surface area (Å²) in [4.78, 5) is 11.4. The van der Waals surface area contributed by atoms with Gasteiger partial charge < -0.3 is 0 Å². The minimum absolute atomic E-state index is 0.0603. The molecule has 0 N–H and O–H groups in total. The summed E-state index contributed by atoms with van der Waals surface area (Å²) in [5.74, 6) is 0.0770. The maximum absolute atomic E-state index is 11.4. The standard InChI is InChI=1S/C14H14O/c1-14(2)9-8-12(15)10-13(14)11-6-4-3-5-7-11/h3-10H,1-2H3. The molecule has 1 aromatic rings. The molecule has 76 valence electrons. The van der Waals surface area contributed by atoms with E-state index in [9.17, 15) is 4.79 Å². The summed E-state index contributed by atoms with van der Waals surface area (Å²) in [6.07, 6.45) is 5.35. The van der Waals surface area contributed by atoms with Crippen molar-refractivity contribution in [3.8, 4) is 0 Å². The van der Waals surface area contributed by atoms with E-state index in [-0.39, 0.29) is 11.2 Å². The molecular formula is C14H14O. The lowest BCUT2D eigenvalue weighted by Gasteiger charge is -2.27. The van der Waals surface area contributed by atoms with Gasteiger partial charge in [-0.1, -0.05) is 50.3 Å². The second-order valence-corrected chi connectivity index (χ2v) is 4.38. The van der Waals surface area contributed by atoms with E-state index < -0.39 is 0 Å². The molecule has 0 aromatic heterocycles. The Morgan fingerprint density at radius 3 is 2.40 bits per heavy atom. The molecule has 0 saturated heterocycles. The fourth-order valence-electron chi connectivity index (χ4n) is 1.83. The van der Waals surface area contributed by atoms with E-state index in [0.29, 0.717) is 0 Å². The van der Waals surface area contributed by atoms with Gasteiger partial charge in [0.15, 0.2) is 5.78 Å². The van der Waals surface area contributed by atoms with Crippen LogP contribution in [0.15, 0.2) is 48.6 Å². The number of ketones is 1. The molecule has 0 radical (unpaired) electrons. The Hall–Kier alpha value is -1.63. The molecule has 0 amide bonds. The Labute approximate surface area is 90.1 Å². The van der Waals surface area contributed by atoms with Crippen LogP contribution in [0.1, 0.15) is 19.4 Å². The Kier molecular flexibility index (Phi) is 2.31. The fourth-order valence-corrected chi connectivity index (χ4v) is 1.83.